The van der Waals surface area contributed by atoms with E-state index in [1.165, 1.54) is 18.5 Å². The minimum atomic E-state index is 1.07. The van der Waals surface area contributed by atoms with Gasteiger partial charge in [0.05, 0.1) is 5.69 Å². The third-order valence-electron chi connectivity index (χ3n) is 2.11. The molecule has 0 saturated carbocycles. The average Bonchev–Trinajstić information content (AvgIpc) is 2.18. The van der Waals surface area contributed by atoms with Crippen molar-refractivity contribution in [2.75, 3.05) is 18.0 Å². The van der Waals surface area contributed by atoms with E-state index in [0.717, 1.165) is 17.6 Å². The van der Waals surface area contributed by atoms with E-state index >= 15 is 0 Å². The van der Waals surface area contributed by atoms with Crippen molar-refractivity contribution in [2.24, 2.45) is 0 Å². The summed E-state index contributed by atoms with van der Waals surface area (Å²) in [4.78, 5) is 2.40. The highest BCUT2D eigenvalue weighted by Crippen LogP contribution is 2.25. The molecule has 0 heterocycles. The maximum absolute atomic E-state index is 3.54. The van der Waals surface area contributed by atoms with E-state index in [2.05, 4.69) is 46.8 Å². The van der Waals surface area contributed by atoms with Crippen molar-refractivity contribution in [1.82, 2.24) is 0 Å². The fourth-order valence-electron chi connectivity index (χ4n) is 1.54. The summed E-state index contributed by atoms with van der Waals surface area (Å²) in [5, 5.41) is 0. The van der Waals surface area contributed by atoms with Crippen LogP contribution >= 0.6 is 15.9 Å². The summed E-state index contributed by atoms with van der Waals surface area (Å²) in [6, 6.07) is 9.29. The molecule has 1 rings (SSSR count). The SMILES string of the molecule is CCCN(CCC)c1ccc[c]c1Br. The smallest absolute Gasteiger partial charge is 0.0517 e. The molecule has 0 fully saturated rings. The van der Waals surface area contributed by atoms with Gasteiger partial charge in [-0.15, -0.1) is 0 Å². The number of anilines is 1. The van der Waals surface area contributed by atoms with Crippen molar-refractivity contribution >= 4 is 21.6 Å². The molecule has 1 aromatic rings. The molecule has 0 unspecified atom stereocenters. The number of nitrogens with zero attached hydrogens (tertiary/aromatic N) is 1. The van der Waals surface area contributed by atoms with E-state index in [4.69, 9.17) is 0 Å². The predicted molar refractivity (Wildman–Crippen MR) is 65.8 cm³/mol. The third-order valence-corrected chi connectivity index (χ3v) is 2.75. The summed E-state index contributed by atoms with van der Waals surface area (Å²) in [6.45, 7) is 6.65. The zero-order chi connectivity index (χ0) is 10.4. The minimum Gasteiger partial charge on any atom is -0.371 e. The van der Waals surface area contributed by atoms with Crippen LogP contribution < -0.4 is 4.90 Å². The van der Waals surface area contributed by atoms with Crippen LogP contribution in [-0.4, -0.2) is 13.1 Å². The molecule has 0 atom stereocenters. The Kier molecular flexibility index (Phi) is 5.02. The van der Waals surface area contributed by atoms with E-state index in [0.29, 0.717) is 0 Å². The molecule has 0 aromatic heterocycles. The summed E-state index contributed by atoms with van der Waals surface area (Å²) in [6.07, 6.45) is 2.36. The van der Waals surface area contributed by atoms with Crippen molar-refractivity contribution in [3.63, 3.8) is 0 Å². The van der Waals surface area contributed by atoms with E-state index in [1.54, 1.807) is 0 Å². The molecular formula is C12H17BrN. The summed E-state index contributed by atoms with van der Waals surface area (Å²) >= 11 is 3.54. The second-order valence-corrected chi connectivity index (χ2v) is 4.15. The van der Waals surface area contributed by atoms with Crippen LogP contribution in [0.25, 0.3) is 0 Å². The normalized spacial score (nSPS) is 10.2. The quantitative estimate of drug-likeness (QED) is 0.771. The average molecular weight is 255 g/mol. The molecule has 77 valence electrons. The third kappa shape index (κ3) is 3.02. The number of benzene rings is 1. The van der Waals surface area contributed by atoms with Crippen LogP contribution in [0.4, 0.5) is 5.69 Å². The molecule has 0 spiro atoms. The first-order valence-corrected chi connectivity index (χ1v) is 6.00. The van der Waals surface area contributed by atoms with Gasteiger partial charge >= 0.3 is 0 Å². The molecule has 1 aromatic carbocycles. The minimum absolute atomic E-state index is 1.07. The topological polar surface area (TPSA) is 3.24 Å². The van der Waals surface area contributed by atoms with E-state index in [1.807, 2.05) is 12.1 Å². The fraction of sp³-hybridized carbons (Fsp3) is 0.500. The molecule has 0 N–H and O–H groups in total. The van der Waals surface area contributed by atoms with Crippen LogP contribution in [0, 0.1) is 6.07 Å². The monoisotopic (exact) mass is 254 g/mol. The standard InChI is InChI=1S/C12H17BrN/c1-3-9-14(10-4-2)12-8-6-5-7-11(12)13/h5-6,8H,3-4,9-10H2,1-2H3. The van der Waals surface area contributed by atoms with Gasteiger partial charge in [-0.3, -0.25) is 0 Å². The molecule has 0 bridgehead atoms. The molecule has 0 aliphatic carbocycles. The van der Waals surface area contributed by atoms with E-state index in [9.17, 15) is 0 Å². The van der Waals surface area contributed by atoms with Crippen LogP contribution in [-0.2, 0) is 0 Å². The number of halogens is 1. The highest BCUT2D eigenvalue weighted by molar-refractivity contribution is 9.10. The Labute approximate surface area is 95.2 Å². The lowest BCUT2D eigenvalue weighted by molar-refractivity contribution is 0.743. The summed E-state index contributed by atoms with van der Waals surface area (Å²) < 4.78 is 1.07. The molecule has 0 saturated heterocycles. The van der Waals surface area contributed by atoms with Crippen LogP contribution in [0.3, 0.4) is 0 Å². The van der Waals surface area contributed by atoms with Crippen molar-refractivity contribution < 1.29 is 0 Å². The van der Waals surface area contributed by atoms with Gasteiger partial charge < -0.3 is 4.90 Å². The maximum Gasteiger partial charge on any atom is 0.0517 e. The first kappa shape index (κ1) is 11.6. The number of rotatable bonds is 5. The number of hydrogen-bond donors (Lipinski definition) is 0. The first-order chi connectivity index (χ1) is 6.79. The molecule has 0 aliphatic rings. The highest BCUT2D eigenvalue weighted by Gasteiger charge is 2.06. The van der Waals surface area contributed by atoms with E-state index < -0.39 is 0 Å². The first-order valence-electron chi connectivity index (χ1n) is 5.20. The van der Waals surface area contributed by atoms with Gasteiger partial charge in [-0.25, -0.2) is 0 Å². The Bertz CT molecular complexity index is 267. The van der Waals surface area contributed by atoms with Crippen molar-refractivity contribution in [3.8, 4) is 0 Å². The highest BCUT2D eigenvalue weighted by atomic mass is 79.9. The number of hydrogen-bond acceptors (Lipinski definition) is 1. The largest absolute Gasteiger partial charge is 0.371 e. The van der Waals surface area contributed by atoms with Gasteiger partial charge in [0.25, 0.3) is 0 Å². The summed E-state index contributed by atoms with van der Waals surface area (Å²) in [5.41, 5.74) is 1.26. The van der Waals surface area contributed by atoms with Gasteiger partial charge in [0.1, 0.15) is 0 Å². The predicted octanol–water partition coefficient (Wildman–Crippen LogP) is 3.88. The molecule has 1 radical (unpaired) electrons. The summed E-state index contributed by atoms with van der Waals surface area (Å²) in [5.74, 6) is 0. The lowest BCUT2D eigenvalue weighted by Gasteiger charge is -2.24. The second kappa shape index (κ2) is 6.07. The van der Waals surface area contributed by atoms with Crippen LogP contribution in [0.5, 0.6) is 0 Å². The Morgan fingerprint density at radius 1 is 1.29 bits per heavy atom. The van der Waals surface area contributed by atoms with Crippen molar-refractivity contribution in [1.29, 1.82) is 0 Å². The zero-order valence-electron chi connectivity index (χ0n) is 8.89. The second-order valence-electron chi connectivity index (χ2n) is 3.36. The molecule has 0 aliphatic heterocycles. The van der Waals surface area contributed by atoms with E-state index in [-0.39, 0.29) is 0 Å². The summed E-state index contributed by atoms with van der Waals surface area (Å²) in [7, 11) is 0. The maximum atomic E-state index is 3.54. The van der Waals surface area contributed by atoms with Gasteiger partial charge in [0, 0.05) is 17.6 Å². The lowest BCUT2D eigenvalue weighted by atomic mass is 10.2. The molecule has 1 nitrogen and oxygen atoms in total. The van der Waals surface area contributed by atoms with Crippen LogP contribution in [0.15, 0.2) is 22.7 Å². The molecule has 0 amide bonds. The van der Waals surface area contributed by atoms with Gasteiger partial charge in [0.2, 0.25) is 0 Å². The van der Waals surface area contributed by atoms with Crippen LogP contribution in [0.2, 0.25) is 0 Å². The Hall–Kier alpha value is -0.500. The van der Waals surface area contributed by atoms with Gasteiger partial charge in [-0.05, 0) is 40.9 Å². The van der Waals surface area contributed by atoms with Gasteiger partial charge in [0.15, 0.2) is 0 Å². The van der Waals surface area contributed by atoms with Crippen molar-refractivity contribution in [2.45, 2.75) is 26.7 Å². The van der Waals surface area contributed by atoms with Crippen molar-refractivity contribution in [3.05, 3.63) is 28.7 Å². The van der Waals surface area contributed by atoms with Gasteiger partial charge in [-0.2, -0.15) is 0 Å². The molecule has 14 heavy (non-hydrogen) atoms. The van der Waals surface area contributed by atoms with Crippen LogP contribution in [0.1, 0.15) is 26.7 Å². The Morgan fingerprint density at radius 2 is 1.93 bits per heavy atom. The molecule has 2 heteroatoms. The fourth-order valence-corrected chi connectivity index (χ4v) is 2.06. The molecular weight excluding hydrogens is 238 g/mol. The Balaban J connectivity index is 2.81. The Morgan fingerprint density at radius 3 is 2.43 bits per heavy atom. The zero-order valence-corrected chi connectivity index (χ0v) is 10.5. The van der Waals surface area contributed by atoms with Gasteiger partial charge in [-0.1, -0.05) is 26.0 Å². The lowest BCUT2D eigenvalue weighted by Crippen LogP contribution is -2.25.